The molecule has 2 fully saturated rings. The van der Waals surface area contributed by atoms with E-state index in [1.165, 1.54) is 12.0 Å². The zero-order valence-corrected chi connectivity index (χ0v) is 19.5. The van der Waals surface area contributed by atoms with Gasteiger partial charge in [0.05, 0.1) is 6.54 Å². The molecule has 0 saturated carbocycles. The molecule has 1 amide bonds. The van der Waals surface area contributed by atoms with Crippen LogP contribution in [0.15, 0.2) is 22.7 Å². The summed E-state index contributed by atoms with van der Waals surface area (Å²) in [6.07, 6.45) is 2.71. The minimum Gasteiger partial charge on any atom is -0.465 e. The second-order valence-corrected chi connectivity index (χ2v) is 9.23. The standard InChI is InChI=1S/C22H33BrN2O4/c1-15(2)25-14-20(29-22(25)26)8-10-24-9-7-17(13-24)11-18-12-19(5-6-21(18)23)28-16(3)27-4/h5-6,12,15-17,20H,7-11,13-14H2,1-4H3. The van der Waals surface area contributed by atoms with E-state index in [0.29, 0.717) is 12.5 Å². The topological polar surface area (TPSA) is 51.2 Å². The smallest absolute Gasteiger partial charge is 0.410 e. The normalized spacial score (nSPS) is 23.7. The van der Waals surface area contributed by atoms with Crippen LogP contribution in [0.4, 0.5) is 4.79 Å². The fourth-order valence-corrected chi connectivity index (χ4v) is 4.46. The number of halogens is 1. The number of rotatable bonds is 9. The summed E-state index contributed by atoms with van der Waals surface area (Å²) in [7, 11) is 1.64. The molecule has 162 valence electrons. The molecule has 0 spiro atoms. The first-order valence-electron chi connectivity index (χ1n) is 10.5. The van der Waals surface area contributed by atoms with Crippen molar-refractivity contribution in [1.82, 2.24) is 9.80 Å². The highest BCUT2D eigenvalue weighted by Gasteiger charge is 2.33. The Bertz CT molecular complexity index is 699. The van der Waals surface area contributed by atoms with Gasteiger partial charge in [-0.1, -0.05) is 15.9 Å². The molecule has 0 aromatic heterocycles. The number of hydrogen-bond acceptors (Lipinski definition) is 5. The van der Waals surface area contributed by atoms with Gasteiger partial charge < -0.3 is 24.0 Å². The molecule has 3 unspecified atom stereocenters. The van der Waals surface area contributed by atoms with Crippen molar-refractivity contribution in [2.75, 3.05) is 33.3 Å². The summed E-state index contributed by atoms with van der Waals surface area (Å²) in [6.45, 7) is 9.84. The van der Waals surface area contributed by atoms with Crippen molar-refractivity contribution in [3.8, 4) is 5.75 Å². The van der Waals surface area contributed by atoms with E-state index >= 15 is 0 Å². The fourth-order valence-electron chi connectivity index (χ4n) is 4.05. The lowest BCUT2D eigenvalue weighted by molar-refractivity contribution is -0.0383. The summed E-state index contributed by atoms with van der Waals surface area (Å²) < 4.78 is 17.6. The monoisotopic (exact) mass is 468 g/mol. The number of carbonyl (C=O) groups is 1. The van der Waals surface area contributed by atoms with Crippen LogP contribution in [0.3, 0.4) is 0 Å². The third-order valence-electron chi connectivity index (χ3n) is 5.82. The van der Waals surface area contributed by atoms with E-state index in [2.05, 4.69) is 33.0 Å². The van der Waals surface area contributed by atoms with Gasteiger partial charge in [0.1, 0.15) is 11.9 Å². The molecule has 29 heavy (non-hydrogen) atoms. The molecule has 1 aromatic rings. The Labute approximate surface area is 182 Å². The maximum absolute atomic E-state index is 11.9. The van der Waals surface area contributed by atoms with E-state index < -0.39 is 0 Å². The van der Waals surface area contributed by atoms with Crippen LogP contribution >= 0.6 is 15.9 Å². The lowest BCUT2D eigenvalue weighted by atomic mass is 9.98. The molecule has 2 saturated heterocycles. The van der Waals surface area contributed by atoms with E-state index in [9.17, 15) is 4.79 Å². The highest BCUT2D eigenvalue weighted by molar-refractivity contribution is 9.10. The number of methoxy groups -OCH3 is 1. The molecular weight excluding hydrogens is 436 g/mol. The van der Waals surface area contributed by atoms with Crippen LogP contribution in [-0.4, -0.2) is 67.6 Å². The van der Waals surface area contributed by atoms with E-state index in [-0.39, 0.29) is 24.5 Å². The quantitative estimate of drug-likeness (QED) is 0.505. The van der Waals surface area contributed by atoms with Crippen LogP contribution in [0.1, 0.15) is 39.2 Å². The van der Waals surface area contributed by atoms with E-state index in [1.54, 1.807) is 7.11 Å². The first kappa shape index (κ1) is 22.4. The molecule has 0 radical (unpaired) electrons. The van der Waals surface area contributed by atoms with E-state index in [1.807, 2.05) is 31.7 Å². The van der Waals surface area contributed by atoms with Crippen LogP contribution in [0.5, 0.6) is 5.75 Å². The third-order valence-corrected chi connectivity index (χ3v) is 6.60. The number of amides is 1. The fraction of sp³-hybridized carbons (Fsp3) is 0.682. The average molecular weight is 469 g/mol. The molecule has 2 aliphatic rings. The minimum absolute atomic E-state index is 0.0229. The van der Waals surface area contributed by atoms with Crippen molar-refractivity contribution in [3.63, 3.8) is 0 Å². The minimum atomic E-state index is -0.262. The number of carbonyl (C=O) groups excluding carboxylic acids is 1. The number of likely N-dealkylation sites (tertiary alicyclic amines) is 1. The van der Waals surface area contributed by atoms with Crippen LogP contribution in [-0.2, 0) is 15.9 Å². The van der Waals surface area contributed by atoms with Gasteiger partial charge in [-0.05, 0) is 76.3 Å². The van der Waals surface area contributed by atoms with Gasteiger partial charge in [-0.2, -0.15) is 0 Å². The zero-order valence-electron chi connectivity index (χ0n) is 17.9. The molecule has 2 aliphatic heterocycles. The van der Waals surface area contributed by atoms with Gasteiger partial charge in [0, 0.05) is 30.7 Å². The SMILES string of the molecule is COC(C)Oc1ccc(Br)c(CC2CCN(CCC3CN(C(C)C)C(=O)O3)C2)c1. The predicted molar refractivity (Wildman–Crippen MR) is 116 cm³/mol. The Morgan fingerprint density at radius 3 is 2.76 bits per heavy atom. The largest absolute Gasteiger partial charge is 0.465 e. The Hall–Kier alpha value is -1.31. The van der Waals surface area contributed by atoms with Gasteiger partial charge >= 0.3 is 6.09 Å². The molecule has 2 heterocycles. The number of cyclic esters (lactones) is 1. The first-order chi connectivity index (χ1) is 13.9. The summed E-state index contributed by atoms with van der Waals surface area (Å²) >= 11 is 3.68. The second-order valence-electron chi connectivity index (χ2n) is 8.37. The second kappa shape index (κ2) is 10.1. The zero-order chi connectivity index (χ0) is 21.0. The van der Waals surface area contributed by atoms with E-state index in [4.69, 9.17) is 14.2 Å². The summed E-state index contributed by atoms with van der Waals surface area (Å²) in [5, 5.41) is 0. The predicted octanol–water partition coefficient (Wildman–Crippen LogP) is 4.30. The van der Waals surface area contributed by atoms with Crippen LogP contribution < -0.4 is 4.74 Å². The van der Waals surface area contributed by atoms with Crippen LogP contribution in [0, 0.1) is 5.92 Å². The number of nitrogens with zero attached hydrogens (tertiary/aromatic N) is 2. The van der Waals surface area contributed by atoms with E-state index in [0.717, 1.165) is 42.7 Å². The van der Waals surface area contributed by atoms with Crippen molar-refractivity contribution >= 4 is 22.0 Å². The summed E-state index contributed by atoms with van der Waals surface area (Å²) in [6, 6.07) is 6.33. The van der Waals surface area contributed by atoms with Crippen molar-refractivity contribution in [2.24, 2.45) is 5.92 Å². The van der Waals surface area contributed by atoms with Crippen LogP contribution in [0.2, 0.25) is 0 Å². The summed E-state index contributed by atoms with van der Waals surface area (Å²) in [5.41, 5.74) is 1.27. The Morgan fingerprint density at radius 2 is 2.07 bits per heavy atom. The molecule has 3 rings (SSSR count). The van der Waals surface area contributed by atoms with Crippen molar-refractivity contribution in [2.45, 2.75) is 58.5 Å². The molecule has 0 bridgehead atoms. The Balaban J connectivity index is 1.47. The summed E-state index contributed by atoms with van der Waals surface area (Å²) in [4.78, 5) is 16.2. The van der Waals surface area contributed by atoms with Gasteiger partial charge in [-0.25, -0.2) is 4.79 Å². The van der Waals surface area contributed by atoms with Gasteiger partial charge in [0.25, 0.3) is 0 Å². The van der Waals surface area contributed by atoms with Gasteiger partial charge in [-0.15, -0.1) is 0 Å². The van der Waals surface area contributed by atoms with Crippen molar-refractivity contribution in [3.05, 3.63) is 28.2 Å². The Kier molecular flexibility index (Phi) is 7.82. The molecule has 0 aliphatic carbocycles. The maximum atomic E-state index is 11.9. The van der Waals surface area contributed by atoms with Crippen LogP contribution in [0.25, 0.3) is 0 Å². The van der Waals surface area contributed by atoms with Crippen molar-refractivity contribution in [1.29, 1.82) is 0 Å². The highest BCUT2D eigenvalue weighted by atomic mass is 79.9. The van der Waals surface area contributed by atoms with Gasteiger partial charge in [-0.3, -0.25) is 0 Å². The number of hydrogen-bond donors (Lipinski definition) is 0. The first-order valence-corrected chi connectivity index (χ1v) is 11.3. The van der Waals surface area contributed by atoms with Gasteiger partial charge in [0.15, 0.2) is 6.29 Å². The highest BCUT2D eigenvalue weighted by Crippen LogP contribution is 2.29. The summed E-state index contributed by atoms with van der Waals surface area (Å²) in [5.74, 6) is 1.46. The molecular formula is C22H33BrN2O4. The number of benzene rings is 1. The lowest BCUT2D eigenvalue weighted by Crippen LogP contribution is -2.32. The molecule has 3 atom stereocenters. The third kappa shape index (κ3) is 6.09. The molecule has 0 N–H and O–H groups in total. The molecule has 1 aromatic carbocycles. The lowest BCUT2D eigenvalue weighted by Gasteiger charge is -2.19. The molecule has 7 heteroatoms. The average Bonchev–Trinajstić information content (AvgIpc) is 3.28. The van der Waals surface area contributed by atoms with Gasteiger partial charge in [0.2, 0.25) is 0 Å². The number of ether oxygens (including phenoxy) is 3. The Morgan fingerprint density at radius 1 is 1.28 bits per heavy atom. The molecule has 6 nitrogen and oxygen atoms in total. The van der Waals surface area contributed by atoms with Crippen molar-refractivity contribution < 1.29 is 19.0 Å². The maximum Gasteiger partial charge on any atom is 0.410 e.